The van der Waals surface area contributed by atoms with E-state index in [1.807, 2.05) is 6.20 Å². The van der Waals surface area contributed by atoms with Crippen LogP contribution in [0.2, 0.25) is 0 Å². The van der Waals surface area contributed by atoms with Crippen LogP contribution in [0.1, 0.15) is 24.3 Å². The second-order valence-corrected chi connectivity index (χ2v) is 5.78. The lowest BCUT2D eigenvalue weighted by Gasteiger charge is -2.03. The average Bonchev–Trinajstić information content (AvgIpc) is 2.60. The van der Waals surface area contributed by atoms with Gasteiger partial charge in [0.2, 0.25) is 0 Å². The minimum absolute atomic E-state index is 0.335. The zero-order valence-corrected chi connectivity index (χ0v) is 8.99. The molecule has 2 rings (SSSR count). The van der Waals surface area contributed by atoms with E-state index in [1.165, 1.54) is 0 Å². The molecule has 1 N–H and O–H groups in total. The molecule has 12 heavy (non-hydrogen) atoms. The van der Waals surface area contributed by atoms with Crippen LogP contribution in [0.5, 0.6) is 0 Å². The predicted octanol–water partition coefficient (Wildman–Crippen LogP) is 2.36. The van der Waals surface area contributed by atoms with Crippen molar-refractivity contribution in [2.45, 2.75) is 31.3 Å². The van der Waals surface area contributed by atoms with Gasteiger partial charge < -0.3 is 5.11 Å². The summed E-state index contributed by atoms with van der Waals surface area (Å²) in [6.45, 7) is 0. The molecule has 2 nitrogen and oxygen atoms in total. The van der Waals surface area contributed by atoms with E-state index in [0.717, 1.165) is 34.5 Å². The first-order chi connectivity index (χ1) is 5.68. The van der Waals surface area contributed by atoms with Gasteiger partial charge in [0, 0.05) is 6.42 Å². The van der Waals surface area contributed by atoms with Crippen molar-refractivity contribution >= 4 is 27.3 Å². The Balaban J connectivity index is 1.87. The van der Waals surface area contributed by atoms with Crippen molar-refractivity contribution in [3.63, 3.8) is 0 Å². The Hall–Kier alpha value is 0.0700. The molecule has 1 heterocycles. The van der Waals surface area contributed by atoms with E-state index in [1.54, 1.807) is 11.3 Å². The monoisotopic (exact) mass is 247 g/mol. The summed E-state index contributed by atoms with van der Waals surface area (Å²) in [6, 6.07) is 0. The average molecular weight is 248 g/mol. The predicted molar refractivity (Wildman–Crippen MR) is 52.3 cm³/mol. The van der Waals surface area contributed by atoms with Crippen molar-refractivity contribution in [3.05, 3.63) is 15.0 Å². The lowest BCUT2D eigenvalue weighted by molar-refractivity contribution is 0.140. The van der Waals surface area contributed by atoms with E-state index < -0.39 is 0 Å². The standard InChI is InChI=1S/C8H10BrNOS/c9-6-5-10-7(12-6)1-2-8(11)3-4-8/h5,11H,1-4H2. The highest BCUT2D eigenvalue weighted by Gasteiger charge is 2.39. The molecule has 1 saturated carbocycles. The summed E-state index contributed by atoms with van der Waals surface area (Å²) in [5.74, 6) is 0. The van der Waals surface area contributed by atoms with Crippen LogP contribution < -0.4 is 0 Å². The molecule has 1 fully saturated rings. The highest BCUT2D eigenvalue weighted by Crippen LogP contribution is 2.39. The van der Waals surface area contributed by atoms with Crippen molar-refractivity contribution < 1.29 is 5.11 Å². The summed E-state index contributed by atoms with van der Waals surface area (Å²) in [6.07, 6.45) is 5.54. The molecule has 1 aromatic heterocycles. The minimum atomic E-state index is -0.335. The van der Waals surface area contributed by atoms with Crippen LogP contribution in [0.4, 0.5) is 0 Å². The number of aryl methyl sites for hydroxylation is 1. The maximum Gasteiger partial charge on any atom is 0.0937 e. The summed E-state index contributed by atoms with van der Waals surface area (Å²) in [4.78, 5) is 4.21. The SMILES string of the molecule is OC1(CCc2ncc(Br)s2)CC1. The fraction of sp³-hybridized carbons (Fsp3) is 0.625. The smallest absolute Gasteiger partial charge is 0.0937 e. The molecule has 0 unspecified atom stereocenters. The van der Waals surface area contributed by atoms with Crippen LogP contribution in [0.15, 0.2) is 9.98 Å². The first kappa shape index (κ1) is 8.66. The van der Waals surface area contributed by atoms with Gasteiger partial charge in [-0.2, -0.15) is 0 Å². The van der Waals surface area contributed by atoms with Crippen LogP contribution in [-0.4, -0.2) is 15.7 Å². The molecule has 0 amide bonds. The van der Waals surface area contributed by atoms with Gasteiger partial charge in [-0.05, 0) is 35.2 Å². The Morgan fingerprint density at radius 2 is 2.42 bits per heavy atom. The number of hydrogen-bond donors (Lipinski definition) is 1. The number of aliphatic hydroxyl groups is 1. The van der Waals surface area contributed by atoms with Gasteiger partial charge in [-0.25, -0.2) is 4.98 Å². The van der Waals surface area contributed by atoms with Gasteiger partial charge in [0.05, 0.1) is 20.6 Å². The molecule has 0 aromatic carbocycles. The fourth-order valence-electron chi connectivity index (χ4n) is 1.14. The van der Waals surface area contributed by atoms with Crippen molar-refractivity contribution in [1.82, 2.24) is 4.98 Å². The van der Waals surface area contributed by atoms with Gasteiger partial charge >= 0.3 is 0 Å². The molecular weight excluding hydrogens is 238 g/mol. The first-order valence-electron chi connectivity index (χ1n) is 4.01. The van der Waals surface area contributed by atoms with Crippen LogP contribution >= 0.6 is 27.3 Å². The van der Waals surface area contributed by atoms with Gasteiger partial charge in [-0.1, -0.05) is 0 Å². The highest BCUT2D eigenvalue weighted by molar-refractivity contribution is 9.11. The summed E-state index contributed by atoms with van der Waals surface area (Å²) in [7, 11) is 0. The zero-order valence-electron chi connectivity index (χ0n) is 6.59. The van der Waals surface area contributed by atoms with E-state index in [0.29, 0.717) is 0 Å². The molecular formula is C8H10BrNOS. The highest BCUT2D eigenvalue weighted by atomic mass is 79.9. The van der Waals surface area contributed by atoms with Crippen molar-refractivity contribution in [3.8, 4) is 0 Å². The Bertz CT molecular complexity index is 282. The summed E-state index contributed by atoms with van der Waals surface area (Å²) < 4.78 is 1.07. The third kappa shape index (κ3) is 2.06. The van der Waals surface area contributed by atoms with Gasteiger partial charge in [-0.3, -0.25) is 0 Å². The van der Waals surface area contributed by atoms with E-state index >= 15 is 0 Å². The number of nitrogens with zero attached hydrogens (tertiary/aromatic N) is 1. The molecule has 4 heteroatoms. The van der Waals surface area contributed by atoms with Crippen molar-refractivity contribution in [2.75, 3.05) is 0 Å². The van der Waals surface area contributed by atoms with Gasteiger partial charge in [-0.15, -0.1) is 11.3 Å². The number of rotatable bonds is 3. The van der Waals surface area contributed by atoms with E-state index in [-0.39, 0.29) is 5.60 Å². The third-order valence-electron chi connectivity index (χ3n) is 2.16. The van der Waals surface area contributed by atoms with Crippen LogP contribution in [0, 0.1) is 0 Å². The van der Waals surface area contributed by atoms with Crippen LogP contribution in [-0.2, 0) is 6.42 Å². The van der Waals surface area contributed by atoms with E-state index in [9.17, 15) is 5.11 Å². The molecule has 1 aliphatic carbocycles. The lowest BCUT2D eigenvalue weighted by Crippen LogP contribution is -2.07. The number of halogens is 1. The molecule has 0 bridgehead atoms. The number of thiazole rings is 1. The van der Waals surface area contributed by atoms with Gasteiger partial charge in [0.1, 0.15) is 0 Å². The zero-order chi connectivity index (χ0) is 8.60. The maximum atomic E-state index is 9.56. The fourth-order valence-corrected chi connectivity index (χ4v) is 2.44. The summed E-state index contributed by atoms with van der Waals surface area (Å²) in [5.41, 5.74) is -0.335. The van der Waals surface area contributed by atoms with Crippen molar-refractivity contribution in [2.24, 2.45) is 0 Å². The van der Waals surface area contributed by atoms with Crippen LogP contribution in [0.3, 0.4) is 0 Å². The van der Waals surface area contributed by atoms with E-state index in [2.05, 4.69) is 20.9 Å². The largest absolute Gasteiger partial charge is 0.390 e. The Morgan fingerprint density at radius 3 is 2.92 bits per heavy atom. The van der Waals surface area contributed by atoms with Crippen LogP contribution in [0.25, 0.3) is 0 Å². The molecule has 0 radical (unpaired) electrons. The summed E-state index contributed by atoms with van der Waals surface area (Å²) in [5, 5.41) is 10.7. The Kier molecular flexibility index (Phi) is 2.23. The lowest BCUT2D eigenvalue weighted by atomic mass is 10.2. The number of aromatic nitrogens is 1. The molecule has 66 valence electrons. The summed E-state index contributed by atoms with van der Waals surface area (Å²) >= 11 is 5.01. The first-order valence-corrected chi connectivity index (χ1v) is 5.62. The number of hydrogen-bond acceptors (Lipinski definition) is 3. The normalized spacial score (nSPS) is 19.5. The topological polar surface area (TPSA) is 33.1 Å². The van der Waals surface area contributed by atoms with Gasteiger partial charge in [0.25, 0.3) is 0 Å². The molecule has 1 aromatic rings. The van der Waals surface area contributed by atoms with E-state index in [4.69, 9.17) is 0 Å². The second kappa shape index (κ2) is 3.09. The molecule has 0 aliphatic heterocycles. The molecule has 0 atom stereocenters. The maximum absolute atomic E-state index is 9.56. The second-order valence-electron chi connectivity index (χ2n) is 3.28. The molecule has 0 spiro atoms. The Morgan fingerprint density at radius 1 is 1.67 bits per heavy atom. The minimum Gasteiger partial charge on any atom is -0.390 e. The molecule has 1 aliphatic rings. The Labute approximate surface area is 83.8 Å². The van der Waals surface area contributed by atoms with Gasteiger partial charge in [0.15, 0.2) is 0 Å². The third-order valence-corrected chi connectivity index (χ3v) is 3.69. The quantitative estimate of drug-likeness (QED) is 0.890. The molecule has 0 saturated heterocycles. The van der Waals surface area contributed by atoms with Crippen molar-refractivity contribution in [1.29, 1.82) is 0 Å².